The molecule has 0 N–H and O–H groups in total. The molecule has 0 fully saturated rings. The van der Waals surface area contributed by atoms with Gasteiger partial charge in [0, 0.05) is 6.54 Å². The molecular weight excluding hydrogens is 310 g/mol. The molecule has 0 amide bonds. The summed E-state index contributed by atoms with van der Waals surface area (Å²) in [5.41, 5.74) is -1.40. The Balaban J connectivity index is 3.98. The van der Waals surface area contributed by atoms with Crippen LogP contribution in [0.5, 0.6) is 0 Å². The van der Waals surface area contributed by atoms with Crippen molar-refractivity contribution in [3.05, 3.63) is 22.5 Å². The Hall–Kier alpha value is -2.84. The second kappa shape index (κ2) is 7.43. The van der Waals surface area contributed by atoms with Gasteiger partial charge in [0.2, 0.25) is 0 Å². The number of ether oxygens (including phenoxy) is 4. The minimum absolute atomic E-state index is 0.0931. The fourth-order valence-corrected chi connectivity index (χ4v) is 2.15. The molecule has 1 aromatic rings. The minimum Gasteiger partial charge on any atom is -0.465 e. The van der Waals surface area contributed by atoms with E-state index in [1.165, 1.54) is 0 Å². The molecule has 0 saturated heterocycles. The third-order valence-corrected chi connectivity index (χ3v) is 3.12. The van der Waals surface area contributed by atoms with E-state index in [9.17, 15) is 19.2 Å². The molecule has 0 aliphatic heterocycles. The van der Waals surface area contributed by atoms with Gasteiger partial charge in [0.15, 0.2) is 0 Å². The smallest absolute Gasteiger partial charge is 0.355 e. The summed E-state index contributed by atoms with van der Waals surface area (Å²) < 4.78 is 19.7. The average Bonchev–Trinajstić information content (AvgIpc) is 2.93. The molecule has 0 bridgehead atoms. The van der Waals surface area contributed by atoms with Crippen LogP contribution in [0.1, 0.15) is 48.6 Å². The summed E-state index contributed by atoms with van der Waals surface area (Å²) in [5, 5.41) is 0. The number of nitrogens with zero attached hydrogens (tertiary/aromatic N) is 1. The molecule has 0 aromatic carbocycles. The first-order valence-corrected chi connectivity index (χ1v) is 6.49. The zero-order valence-corrected chi connectivity index (χ0v) is 13.4. The predicted molar refractivity (Wildman–Crippen MR) is 75.5 cm³/mol. The molecule has 1 heterocycles. The predicted octanol–water partition coefficient (Wildman–Crippen LogP) is 0.654. The van der Waals surface area contributed by atoms with E-state index >= 15 is 0 Å². The van der Waals surface area contributed by atoms with Gasteiger partial charge >= 0.3 is 23.9 Å². The summed E-state index contributed by atoms with van der Waals surface area (Å²) in [6.07, 6.45) is 0. The number of hydrogen-bond acceptors (Lipinski definition) is 8. The van der Waals surface area contributed by atoms with Gasteiger partial charge in [0.1, 0.15) is 22.5 Å². The molecule has 0 atom stereocenters. The van der Waals surface area contributed by atoms with Gasteiger partial charge < -0.3 is 23.5 Å². The molecule has 0 saturated carbocycles. The first-order chi connectivity index (χ1) is 10.9. The second-order valence-corrected chi connectivity index (χ2v) is 4.16. The Kier molecular flexibility index (Phi) is 5.88. The van der Waals surface area contributed by atoms with Crippen molar-refractivity contribution in [3.8, 4) is 0 Å². The number of carbonyl (C=O) groups excluding carboxylic acids is 4. The highest BCUT2D eigenvalue weighted by Crippen LogP contribution is 2.27. The zero-order valence-electron chi connectivity index (χ0n) is 13.4. The van der Waals surface area contributed by atoms with Crippen LogP contribution in [-0.2, 0) is 25.5 Å². The third kappa shape index (κ3) is 3.03. The number of esters is 4. The van der Waals surface area contributed by atoms with E-state index in [2.05, 4.69) is 18.9 Å². The Labute approximate surface area is 132 Å². The van der Waals surface area contributed by atoms with Crippen LogP contribution in [0.4, 0.5) is 0 Å². The van der Waals surface area contributed by atoms with Crippen molar-refractivity contribution in [1.29, 1.82) is 0 Å². The Morgan fingerprint density at radius 1 is 0.696 bits per heavy atom. The number of methoxy groups -OCH3 is 4. The summed E-state index contributed by atoms with van der Waals surface area (Å²) in [7, 11) is 4.36. The van der Waals surface area contributed by atoms with Crippen LogP contribution in [0, 0.1) is 0 Å². The molecule has 0 unspecified atom stereocenters. The standard InChI is InChI=1S/C14H17NO8/c1-6-15-9(13(18)22-4)7(11(16)20-2)8(12(17)21-3)10(15)14(19)23-5/h6H2,1-5H3. The molecule has 1 rings (SSSR count). The topological polar surface area (TPSA) is 110 Å². The molecule has 0 radical (unpaired) electrons. The molecular formula is C14H17NO8. The molecule has 0 spiro atoms. The van der Waals surface area contributed by atoms with E-state index in [0.29, 0.717) is 0 Å². The molecule has 23 heavy (non-hydrogen) atoms. The number of aromatic nitrogens is 1. The largest absolute Gasteiger partial charge is 0.465 e. The summed E-state index contributed by atoms with van der Waals surface area (Å²) in [6.45, 7) is 1.71. The van der Waals surface area contributed by atoms with Crippen molar-refractivity contribution in [2.45, 2.75) is 13.5 Å². The molecule has 0 aliphatic rings. The van der Waals surface area contributed by atoms with E-state index in [1.807, 2.05) is 0 Å². The monoisotopic (exact) mass is 327 g/mol. The van der Waals surface area contributed by atoms with E-state index in [0.717, 1.165) is 33.0 Å². The Morgan fingerprint density at radius 2 is 1.00 bits per heavy atom. The van der Waals surface area contributed by atoms with Crippen LogP contribution >= 0.6 is 0 Å². The maximum atomic E-state index is 12.1. The quantitative estimate of drug-likeness (QED) is 0.573. The zero-order chi connectivity index (χ0) is 17.7. The first kappa shape index (κ1) is 18.2. The second-order valence-electron chi connectivity index (χ2n) is 4.16. The van der Waals surface area contributed by atoms with Crippen molar-refractivity contribution in [2.24, 2.45) is 0 Å². The van der Waals surface area contributed by atoms with Crippen molar-refractivity contribution in [1.82, 2.24) is 4.57 Å². The van der Waals surface area contributed by atoms with Crippen LogP contribution in [0.2, 0.25) is 0 Å². The van der Waals surface area contributed by atoms with E-state index in [4.69, 9.17) is 0 Å². The first-order valence-electron chi connectivity index (χ1n) is 6.49. The fraction of sp³-hybridized carbons (Fsp3) is 0.429. The average molecular weight is 327 g/mol. The lowest BCUT2D eigenvalue weighted by molar-refractivity contribution is 0.0530. The summed E-state index contributed by atoms with van der Waals surface area (Å²) in [4.78, 5) is 48.3. The van der Waals surface area contributed by atoms with Crippen LogP contribution in [-0.4, -0.2) is 56.9 Å². The van der Waals surface area contributed by atoms with E-state index in [1.54, 1.807) is 6.92 Å². The SMILES string of the molecule is CCn1c(C(=O)OC)c(C(=O)OC)c(C(=O)OC)c1C(=O)OC. The summed E-state index contributed by atoms with van der Waals surface area (Å²) >= 11 is 0. The van der Waals surface area contributed by atoms with Crippen LogP contribution in [0.15, 0.2) is 0 Å². The van der Waals surface area contributed by atoms with Gasteiger partial charge in [-0.3, -0.25) is 0 Å². The molecule has 0 aliphatic carbocycles. The van der Waals surface area contributed by atoms with E-state index < -0.39 is 35.0 Å². The molecule has 9 nitrogen and oxygen atoms in total. The van der Waals surface area contributed by atoms with E-state index in [-0.39, 0.29) is 17.9 Å². The van der Waals surface area contributed by atoms with Crippen molar-refractivity contribution < 1.29 is 38.1 Å². The van der Waals surface area contributed by atoms with Gasteiger partial charge in [0.25, 0.3) is 0 Å². The minimum atomic E-state index is -0.983. The van der Waals surface area contributed by atoms with Gasteiger partial charge in [-0.2, -0.15) is 0 Å². The number of hydrogen-bond donors (Lipinski definition) is 0. The highest BCUT2D eigenvalue weighted by atomic mass is 16.5. The maximum absolute atomic E-state index is 12.1. The Morgan fingerprint density at radius 3 is 1.22 bits per heavy atom. The van der Waals surface area contributed by atoms with Crippen molar-refractivity contribution >= 4 is 23.9 Å². The fourth-order valence-electron chi connectivity index (χ4n) is 2.15. The van der Waals surface area contributed by atoms with Gasteiger partial charge in [-0.25, -0.2) is 19.2 Å². The normalized spacial score (nSPS) is 9.96. The summed E-state index contributed by atoms with van der Waals surface area (Å²) in [6, 6.07) is 0. The van der Waals surface area contributed by atoms with Crippen LogP contribution in [0.25, 0.3) is 0 Å². The van der Waals surface area contributed by atoms with Crippen molar-refractivity contribution in [2.75, 3.05) is 28.4 Å². The molecule has 9 heteroatoms. The maximum Gasteiger partial charge on any atom is 0.355 e. The number of carbonyl (C=O) groups is 4. The van der Waals surface area contributed by atoms with Crippen LogP contribution in [0.3, 0.4) is 0 Å². The third-order valence-electron chi connectivity index (χ3n) is 3.12. The van der Waals surface area contributed by atoms with Gasteiger partial charge in [0.05, 0.1) is 28.4 Å². The van der Waals surface area contributed by atoms with Gasteiger partial charge in [-0.05, 0) is 6.92 Å². The van der Waals surface area contributed by atoms with Crippen molar-refractivity contribution in [3.63, 3.8) is 0 Å². The van der Waals surface area contributed by atoms with Crippen LogP contribution < -0.4 is 0 Å². The lowest BCUT2D eigenvalue weighted by Crippen LogP contribution is -2.17. The molecule has 1 aromatic heterocycles. The van der Waals surface area contributed by atoms with Gasteiger partial charge in [-0.15, -0.1) is 0 Å². The molecule has 126 valence electrons. The highest BCUT2D eigenvalue weighted by Gasteiger charge is 2.38. The van der Waals surface area contributed by atoms with Gasteiger partial charge in [-0.1, -0.05) is 0 Å². The summed E-state index contributed by atoms with van der Waals surface area (Å²) in [5.74, 6) is -3.79. The lowest BCUT2D eigenvalue weighted by atomic mass is 10.1. The number of rotatable bonds is 5. The lowest BCUT2D eigenvalue weighted by Gasteiger charge is -2.09. The Bertz CT molecular complexity index is 605. The highest BCUT2D eigenvalue weighted by molar-refractivity contribution is 6.15.